The molecule has 0 bridgehead atoms. The average molecular weight is 300 g/mol. The van der Waals surface area contributed by atoms with Crippen molar-refractivity contribution in [2.75, 3.05) is 31.3 Å². The van der Waals surface area contributed by atoms with E-state index in [2.05, 4.69) is 15.9 Å². The van der Waals surface area contributed by atoms with Crippen LogP contribution in [0.15, 0.2) is 22.7 Å². The van der Waals surface area contributed by atoms with E-state index in [1.807, 2.05) is 17.0 Å². The number of halogens is 1. The second-order valence-electron chi connectivity index (χ2n) is 3.93. The number of nitrogens with zero attached hydrogens (tertiary/aromatic N) is 1. The summed E-state index contributed by atoms with van der Waals surface area (Å²) in [5.74, 6) is 0. The van der Waals surface area contributed by atoms with Crippen LogP contribution in [0.2, 0.25) is 0 Å². The Morgan fingerprint density at radius 3 is 3.12 bits per heavy atom. The number of benzene rings is 1. The molecule has 92 valence electrons. The fourth-order valence-electron chi connectivity index (χ4n) is 2.00. The van der Waals surface area contributed by atoms with E-state index < -0.39 is 0 Å². The number of morpholine rings is 1. The van der Waals surface area contributed by atoms with Crippen molar-refractivity contribution >= 4 is 27.9 Å². The molecule has 17 heavy (non-hydrogen) atoms. The van der Waals surface area contributed by atoms with Crippen molar-refractivity contribution in [3.63, 3.8) is 0 Å². The number of carbonyl (C=O) groups excluding carboxylic acids is 1. The highest BCUT2D eigenvalue weighted by Crippen LogP contribution is 2.26. The molecule has 0 radical (unpaired) electrons. The van der Waals surface area contributed by atoms with Gasteiger partial charge in [-0.15, -0.1) is 0 Å². The van der Waals surface area contributed by atoms with Crippen LogP contribution in [0.3, 0.4) is 0 Å². The highest BCUT2D eigenvalue weighted by Gasteiger charge is 2.24. The van der Waals surface area contributed by atoms with Gasteiger partial charge in [0.05, 0.1) is 25.9 Å². The van der Waals surface area contributed by atoms with Crippen molar-refractivity contribution in [2.45, 2.75) is 6.04 Å². The van der Waals surface area contributed by atoms with Gasteiger partial charge in [0, 0.05) is 22.3 Å². The summed E-state index contributed by atoms with van der Waals surface area (Å²) in [5, 5.41) is 9.32. The molecular formula is C12H14BrNO3. The molecule has 1 saturated heterocycles. The molecule has 2 rings (SSSR count). The highest BCUT2D eigenvalue weighted by atomic mass is 79.9. The fourth-order valence-corrected chi connectivity index (χ4v) is 2.38. The number of aldehydes is 1. The van der Waals surface area contributed by atoms with Crippen LogP contribution in [0, 0.1) is 0 Å². The minimum Gasteiger partial charge on any atom is -0.394 e. The van der Waals surface area contributed by atoms with Crippen LogP contribution in [0.25, 0.3) is 0 Å². The lowest BCUT2D eigenvalue weighted by Crippen LogP contribution is -2.48. The molecule has 0 amide bonds. The Morgan fingerprint density at radius 2 is 2.41 bits per heavy atom. The maximum absolute atomic E-state index is 11.1. The second-order valence-corrected chi connectivity index (χ2v) is 4.84. The van der Waals surface area contributed by atoms with Crippen molar-refractivity contribution < 1.29 is 14.6 Å². The molecule has 1 N–H and O–H groups in total. The summed E-state index contributed by atoms with van der Waals surface area (Å²) < 4.78 is 6.20. The molecule has 5 heteroatoms. The van der Waals surface area contributed by atoms with E-state index in [1.54, 1.807) is 6.07 Å². The van der Waals surface area contributed by atoms with Crippen molar-refractivity contribution in [2.24, 2.45) is 0 Å². The Morgan fingerprint density at radius 1 is 1.59 bits per heavy atom. The number of aliphatic hydroxyl groups is 1. The van der Waals surface area contributed by atoms with E-state index in [9.17, 15) is 9.90 Å². The lowest BCUT2D eigenvalue weighted by Gasteiger charge is -2.37. The van der Waals surface area contributed by atoms with Gasteiger partial charge in [-0.3, -0.25) is 4.79 Å². The number of aliphatic hydroxyl groups excluding tert-OH is 1. The third-order valence-corrected chi connectivity index (χ3v) is 3.36. The van der Waals surface area contributed by atoms with Crippen molar-refractivity contribution in [3.8, 4) is 0 Å². The van der Waals surface area contributed by atoms with E-state index in [-0.39, 0.29) is 12.6 Å². The topological polar surface area (TPSA) is 49.8 Å². The number of anilines is 1. The number of carbonyl (C=O) groups is 1. The number of rotatable bonds is 3. The summed E-state index contributed by atoms with van der Waals surface area (Å²) in [4.78, 5) is 13.1. The van der Waals surface area contributed by atoms with Crippen LogP contribution in [0.4, 0.5) is 5.69 Å². The smallest absolute Gasteiger partial charge is 0.152 e. The number of ether oxygens (including phenoxy) is 1. The van der Waals surface area contributed by atoms with Crippen LogP contribution in [0.1, 0.15) is 10.4 Å². The van der Waals surface area contributed by atoms with Gasteiger partial charge in [0.25, 0.3) is 0 Å². The van der Waals surface area contributed by atoms with Crippen molar-refractivity contribution in [3.05, 3.63) is 28.2 Å². The van der Waals surface area contributed by atoms with E-state index >= 15 is 0 Å². The maximum Gasteiger partial charge on any atom is 0.152 e. The Hall–Kier alpha value is -0.910. The molecule has 4 nitrogen and oxygen atoms in total. The Bertz CT molecular complexity index is 411. The summed E-state index contributed by atoms with van der Waals surface area (Å²) in [6.07, 6.45) is 0.837. The first-order chi connectivity index (χ1) is 8.26. The second kappa shape index (κ2) is 5.62. The molecule has 1 unspecified atom stereocenters. The Labute approximate surface area is 108 Å². The van der Waals surface area contributed by atoms with Crippen LogP contribution < -0.4 is 4.90 Å². The molecule has 1 aromatic carbocycles. The molecule has 1 aliphatic heterocycles. The molecule has 0 saturated carbocycles. The zero-order valence-electron chi connectivity index (χ0n) is 9.30. The first kappa shape index (κ1) is 12.5. The lowest BCUT2D eigenvalue weighted by atomic mass is 10.1. The van der Waals surface area contributed by atoms with Gasteiger partial charge in [0.1, 0.15) is 0 Å². The average Bonchev–Trinajstić information content (AvgIpc) is 2.38. The summed E-state index contributed by atoms with van der Waals surface area (Å²) in [6, 6.07) is 5.49. The van der Waals surface area contributed by atoms with E-state index in [1.165, 1.54) is 0 Å². The number of hydrogen-bond donors (Lipinski definition) is 1. The first-order valence-electron chi connectivity index (χ1n) is 5.46. The normalized spacial score (nSPS) is 20.4. The van der Waals surface area contributed by atoms with Crippen LogP contribution in [0.5, 0.6) is 0 Å². The standard InChI is InChI=1S/C12H14BrNO3/c13-10-1-2-12(9(5-10)6-15)14-3-4-17-8-11(14)7-16/h1-2,5-6,11,16H,3-4,7-8H2. The molecule has 1 atom stereocenters. The monoisotopic (exact) mass is 299 g/mol. The Balaban J connectivity index is 2.34. The zero-order chi connectivity index (χ0) is 12.3. The quantitative estimate of drug-likeness (QED) is 0.859. The molecular weight excluding hydrogens is 286 g/mol. The van der Waals surface area contributed by atoms with Gasteiger partial charge in [-0.1, -0.05) is 15.9 Å². The summed E-state index contributed by atoms with van der Waals surface area (Å²) in [5.41, 5.74) is 1.48. The molecule has 0 aliphatic carbocycles. The molecule has 1 aliphatic rings. The van der Waals surface area contributed by atoms with Crippen molar-refractivity contribution in [1.82, 2.24) is 0 Å². The maximum atomic E-state index is 11.1. The van der Waals surface area contributed by atoms with E-state index in [4.69, 9.17) is 4.74 Å². The van der Waals surface area contributed by atoms with Gasteiger partial charge in [-0.25, -0.2) is 0 Å². The van der Waals surface area contributed by atoms with Gasteiger partial charge in [-0.05, 0) is 18.2 Å². The predicted octanol–water partition coefficient (Wildman–Crippen LogP) is 1.46. The minimum atomic E-state index is -0.0800. The molecule has 1 fully saturated rings. The van der Waals surface area contributed by atoms with Gasteiger partial charge in [0.2, 0.25) is 0 Å². The third kappa shape index (κ3) is 2.68. The highest BCUT2D eigenvalue weighted by molar-refractivity contribution is 9.10. The third-order valence-electron chi connectivity index (χ3n) is 2.86. The summed E-state index contributed by atoms with van der Waals surface area (Å²) >= 11 is 3.34. The Kier molecular flexibility index (Phi) is 4.15. The van der Waals surface area contributed by atoms with Gasteiger partial charge in [-0.2, -0.15) is 0 Å². The lowest BCUT2D eigenvalue weighted by molar-refractivity contribution is 0.0725. The summed E-state index contributed by atoms with van der Waals surface area (Å²) in [7, 11) is 0. The predicted molar refractivity (Wildman–Crippen MR) is 68.6 cm³/mol. The minimum absolute atomic E-state index is 0.0222. The summed E-state index contributed by atoms with van der Waals surface area (Å²) in [6.45, 7) is 1.82. The molecule has 1 heterocycles. The van der Waals surface area contributed by atoms with Crippen LogP contribution >= 0.6 is 15.9 Å². The molecule has 0 aromatic heterocycles. The van der Waals surface area contributed by atoms with E-state index in [0.29, 0.717) is 25.3 Å². The largest absolute Gasteiger partial charge is 0.394 e. The number of hydrogen-bond acceptors (Lipinski definition) is 4. The zero-order valence-corrected chi connectivity index (χ0v) is 10.9. The van der Waals surface area contributed by atoms with Gasteiger partial charge in [0.15, 0.2) is 6.29 Å². The molecule has 1 aromatic rings. The fraction of sp³-hybridized carbons (Fsp3) is 0.417. The first-order valence-corrected chi connectivity index (χ1v) is 6.25. The van der Waals surface area contributed by atoms with E-state index in [0.717, 1.165) is 16.4 Å². The van der Waals surface area contributed by atoms with Crippen molar-refractivity contribution in [1.29, 1.82) is 0 Å². The van der Waals surface area contributed by atoms with Crippen LogP contribution in [-0.4, -0.2) is 43.8 Å². The van der Waals surface area contributed by atoms with Gasteiger partial charge >= 0.3 is 0 Å². The SMILES string of the molecule is O=Cc1cc(Br)ccc1N1CCOCC1CO. The van der Waals surface area contributed by atoms with Gasteiger partial charge < -0.3 is 14.7 Å². The molecule has 0 spiro atoms. The van der Waals surface area contributed by atoms with Crippen LogP contribution in [-0.2, 0) is 4.74 Å².